The number of hydrogen-bond donors (Lipinski definition) is 1. The molecule has 7 heteroatoms. The standard InChI is InChI=1S/C24H14N2O3S2/c27-22(26-24-25-21-15-7-3-4-8-19(15)30-12-20(21)31-24)17-11-16-14-6-2-1-5-13(14)9-10-18(16)29-23(17)28/h1-11H,12H2,(H,25,26,27). The first kappa shape index (κ1) is 18.4. The second kappa shape index (κ2) is 7.08. The van der Waals surface area contributed by atoms with Crippen molar-refractivity contribution >= 4 is 55.9 Å². The number of thioether (sulfide) groups is 1. The Labute approximate surface area is 184 Å². The molecule has 2 aromatic heterocycles. The van der Waals surface area contributed by atoms with Crippen molar-refractivity contribution in [2.75, 3.05) is 5.32 Å². The molecule has 6 rings (SSSR count). The molecule has 31 heavy (non-hydrogen) atoms. The lowest BCUT2D eigenvalue weighted by Gasteiger charge is -2.13. The van der Waals surface area contributed by atoms with Crippen LogP contribution in [0.4, 0.5) is 5.13 Å². The lowest BCUT2D eigenvalue weighted by atomic mass is 10.0. The number of benzene rings is 3. The third-order valence-electron chi connectivity index (χ3n) is 5.31. The summed E-state index contributed by atoms with van der Waals surface area (Å²) in [7, 11) is 0. The summed E-state index contributed by atoms with van der Waals surface area (Å²) in [5, 5.41) is 5.94. The van der Waals surface area contributed by atoms with Crippen molar-refractivity contribution in [2.45, 2.75) is 10.6 Å². The number of thiazole rings is 1. The van der Waals surface area contributed by atoms with Gasteiger partial charge in [-0.1, -0.05) is 48.5 Å². The van der Waals surface area contributed by atoms with Crippen LogP contribution < -0.4 is 10.9 Å². The minimum atomic E-state index is -0.664. The molecular formula is C24H14N2O3S2. The van der Waals surface area contributed by atoms with Crippen LogP contribution >= 0.6 is 23.1 Å². The van der Waals surface area contributed by atoms with Crippen LogP contribution in [0.3, 0.4) is 0 Å². The molecule has 3 heterocycles. The maximum atomic E-state index is 13.0. The topological polar surface area (TPSA) is 72.2 Å². The number of carbonyl (C=O) groups excluding carboxylic acids is 1. The summed E-state index contributed by atoms with van der Waals surface area (Å²) in [5.41, 5.74) is 1.72. The molecule has 0 saturated carbocycles. The number of nitrogens with zero attached hydrogens (tertiary/aromatic N) is 1. The average molecular weight is 443 g/mol. The SMILES string of the molecule is O=C(Nc1nc2c(s1)CSc1ccccc1-2)c1cc2c(ccc3ccccc32)oc1=O. The number of anilines is 1. The number of aromatic nitrogens is 1. The van der Waals surface area contributed by atoms with Crippen molar-refractivity contribution in [3.8, 4) is 11.3 Å². The lowest BCUT2D eigenvalue weighted by Crippen LogP contribution is -2.20. The average Bonchev–Trinajstić information content (AvgIpc) is 3.21. The summed E-state index contributed by atoms with van der Waals surface area (Å²) in [6.45, 7) is 0. The Balaban J connectivity index is 1.39. The smallest absolute Gasteiger partial charge is 0.349 e. The van der Waals surface area contributed by atoms with Gasteiger partial charge in [-0.25, -0.2) is 9.78 Å². The summed E-state index contributed by atoms with van der Waals surface area (Å²) >= 11 is 3.20. The van der Waals surface area contributed by atoms with E-state index in [0.717, 1.165) is 38.0 Å². The van der Waals surface area contributed by atoms with Gasteiger partial charge in [0.2, 0.25) is 0 Å². The molecule has 150 valence electrons. The zero-order chi connectivity index (χ0) is 20.9. The number of amides is 1. The fourth-order valence-corrected chi connectivity index (χ4v) is 5.94. The van der Waals surface area contributed by atoms with Gasteiger partial charge in [0.1, 0.15) is 11.1 Å². The minimum Gasteiger partial charge on any atom is -0.422 e. The predicted octanol–water partition coefficient (Wildman–Crippen LogP) is 5.93. The van der Waals surface area contributed by atoms with Crippen molar-refractivity contribution < 1.29 is 9.21 Å². The van der Waals surface area contributed by atoms with Gasteiger partial charge in [0.05, 0.1) is 5.69 Å². The molecule has 0 spiro atoms. The molecule has 5 nitrogen and oxygen atoms in total. The maximum Gasteiger partial charge on any atom is 0.349 e. The Morgan fingerprint density at radius 1 is 1.00 bits per heavy atom. The third kappa shape index (κ3) is 3.05. The normalized spacial score (nSPS) is 12.5. The second-order valence-corrected chi connectivity index (χ2v) is 9.28. The molecule has 0 aliphatic carbocycles. The van der Waals surface area contributed by atoms with E-state index >= 15 is 0 Å². The van der Waals surface area contributed by atoms with E-state index in [4.69, 9.17) is 4.42 Å². The Hall–Kier alpha value is -3.42. The van der Waals surface area contributed by atoms with Crippen LogP contribution in [0.5, 0.6) is 0 Å². The summed E-state index contributed by atoms with van der Waals surface area (Å²) < 4.78 is 5.45. The maximum absolute atomic E-state index is 13.0. The van der Waals surface area contributed by atoms with Gasteiger partial charge in [-0.15, -0.1) is 23.1 Å². The quantitative estimate of drug-likeness (QED) is 0.271. The van der Waals surface area contributed by atoms with E-state index in [1.807, 2.05) is 48.5 Å². The van der Waals surface area contributed by atoms with Crippen LogP contribution in [0, 0.1) is 0 Å². The van der Waals surface area contributed by atoms with Gasteiger partial charge in [0, 0.05) is 26.5 Å². The molecule has 3 aromatic carbocycles. The highest BCUT2D eigenvalue weighted by atomic mass is 32.2. The Morgan fingerprint density at radius 3 is 2.77 bits per heavy atom. The molecule has 1 aliphatic rings. The van der Waals surface area contributed by atoms with Gasteiger partial charge in [-0.05, 0) is 29.0 Å². The van der Waals surface area contributed by atoms with E-state index in [1.54, 1.807) is 23.9 Å². The molecule has 0 unspecified atom stereocenters. The first-order valence-electron chi connectivity index (χ1n) is 9.66. The zero-order valence-electron chi connectivity index (χ0n) is 16.0. The van der Waals surface area contributed by atoms with E-state index in [9.17, 15) is 9.59 Å². The number of rotatable bonds is 2. The fourth-order valence-electron chi connectivity index (χ4n) is 3.84. The van der Waals surface area contributed by atoms with E-state index < -0.39 is 11.5 Å². The summed E-state index contributed by atoms with van der Waals surface area (Å²) in [6.07, 6.45) is 0. The van der Waals surface area contributed by atoms with E-state index in [0.29, 0.717) is 10.7 Å². The molecule has 1 aliphatic heterocycles. The van der Waals surface area contributed by atoms with Crippen LogP contribution in [-0.4, -0.2) is 10.9 Å². The van der Waals surface area contributed by atoms with E-state index in [1.165, 1.54) is 16.2 Å². The summed E-state index contributed by atoms with van der Waals surface area (Å²) in [6, 6.07) is 21.2. The lowest BCUT2D eigenvalue weighted by molar-refractivity contribution is 0.102. The van der Waals surface area contributed by atoms with Crippen LogP contribution in [-0.2, 0) is 5.75 Å². The van der Waals surface area contributed by atoms with Crippen molar-refractivity contribution in [2.24, 2.45) is 0 Å². The Bertz CT molecular complexity index is 1570. The van der Waals surface area contributed by atoms with Gasteiger partial charge in [0.25, 0.3) is 5.91 Å². The highest BCUT2D eigenvalue weighted by Crippen LogP contribution is 2.44. The van der Waals surface area contributed by atoms with Gasteiger partial charge < -0.3 is 4.42 Å². The monoisotopic (exact) mass is 442 g/mol. The highest BCUT2D eigenvalue weighted by Gasteiger charge is 2.23. The number of carbonyl (C=O) groups is 1. The van der Waals surface area contributed by atoms with Crippen molar-refractivity contribution in [3.63, 3.8) is 0 Å². The number of hydrogen-bond acceptors (Lipinski definition) is 6. The molecule has 0 atom stereocenters. The van der Waals surface area contributed by atoms with E-state index in [-0.39, 0.29) is 5.56 Å². The van der Waals surface area contributed by atoms with Crippen LogP contribution in [0.25, 0.3) is 33.0 Å². The first-order chi connectivity index (χ1) is 15.2. The number of fused-ring (bicyclic) bond motifs is 6. The van der Waals surface area contributed by atoms with E-state index in [2.05, 4.69) is 16.4 Å². The molecule has 1 amide bonds. The van der Waals surface area contributed by atoms with Gasteiger partial charge >= 0.3 is 5.63 Å². The second-order valence-electron chi connectivity index (χ2n) is 7.18. The zero-order valence-corrected chi connectivity index (χ0v) is 17.7. The largest absolute Gasteiger partial charge is 0.422 e. The molecule has 0 bridgehead atoms. The molecule has 1 N–H and O–H groups in total. The van der Waals surface area contributed by atoms with Crippen molar-refractivity contribution in [1.29, 1.82) is 0 Å². The molecule has 0 saturated heterocycles. The minimum absolute atomic E-state index is 0.0354. The summed E-state index contributed by atoms with van der Waals surface area (Å²) in [5.74, 6) is 0.292. The van der Waals surface area contributed by atoms with Crippen LogP contribution in [0.15, 0.2) is 80.8 Å². The molecule has 0 radical (unpaired) electrons. The van der Waals surface area contributed by atoms with Gasteiger partial charge in [-0.3, -0.25) is 10.1 Å². The van der Waals surface area contributed by atoms with Crippen molar-refractivity contribution in [3.05, 3.63) is 87.6 Å². The molecule has 0 fully saturated rings. The predicted molar refractivity (Wildman–Crippen MR) is 125 cm³/mol. The Kier molecular flexibility index (Phi) is 4.19. The molecular weight excluding hydrogens is 428 g/mol. The molecule has 5 aromatic rings. The van der Waals surface area contributed by atoms with Crippen molar-refractivity contribution in [1.82, 2.24) is 4.98 Å². The fraction of sp³-hybridized carbons (Fsp3) is 0.0417. The van der Waals surface area contributed by atoms with Gasteiger partial charge in [0.15, 0.2) is 5.13 Å². The Morgan fingerprint density at radius 2 is 1.84 bits per heavy atom. The third-order valence-corrected chi connectivity index (χ3v) is 7.56. The van der Waals surface area contributed by atoms with Crippen LogP contribution in [0.2, 0.25) is 0 Å². The first-order valence-corrected chi connectivity index (χ1v) is 11.5. The highest BCUT2D eigenvalue weighted by molar-refractivity contribution is 7.98. The number of nitrogens with one attached hydrogen (secondary N) is 1. The van der Waals surface area contributed by atoms with Crippen LogP contribution in [0.1, 0.15) is 15.2 Å². The van der Waals surface area contributed by atoms with Gasteiger partial charge in [-0.2, -0.15) is 0 Å². The summed E-state index contributed by atoms with van der Waals surface area (Å²) in [4.78, 5) is 32.4.